The summed E-state index contributed by atoms with van der Waals surface area (Å²) in [5.41, 5.74) is 2.92. The molecule has 4 N–H and O–H groups in total. The molecule has 4 aromatic rings. The first kappa shape index (κ1) is 49.9. The smallest absolute Gasteiger partial charge is 0.340 e. The first-order valence-corrected chi connectivity index (χ1v) is 24.0. The standard InChI is InChI=1S/C52H65N7O11/c1-8-51(9-2,56-47(62)42-16-17-43(59-28-37(29-59)65-7)48(55-42)68-31-34-24-33(34)30-60)50(64)54-19-21-67-23-22-66-20-18-53-46(61)32-10-13-39-38(25-32)49(63)70-52(39)40-14-11-35(57(3)4)26-44(40)69-45-27-36(58(5)6)12-15-41(45)52/h10-17,25-27,33-34,37,60H,8-9,18-24,28-31H2,1-7H3,(H,53,61)(H,54,64)(H,56,62)/t33-,34-/m1/s1. The van der Waals surface area contributed by atoms with Crippen molar-refractivity contribution in [1.82, 2.24) is 20.9 Å². The summed E-state index contributed by atoms with van der Waals surface area (Å²) in [4.78, 5) is 64.9. The number of hydrogen-bond donors (Lipinski definition) is 4. The van der Waals surface area contributed by atoms with Crippen molar-refractivity contribution in [2.45, 2.75) is 50.4 Å². The second-order valence-electron chi connectivity index (χ2n) is 18.6. The molecule has 1 aromatic heterocycles. The Balaban J connectivity index is 0.786. The van der Waals surface area contributed by atoms with Crippen molar-refractivity contribution in [3.8, 4) is 17.4 Å². The highest BCUT2D eigenvalue weighted by atomic mass is 16.6. The summed E-state index contributed by atoms with van der Waals surface area (Å²) in [5, 5.41) is 18.2. The molecular weight excluding hydrogens is 899 g/mol. The van der Waals surface area contributed by atoms with E-state index in [4.69, 9.17) is 28.4 Å². The van der Waals surface area contributed by atoms with Crippen LogP contribution in [-0.2, 0) is 29.3 Å². The highest BCUT2D eigenvalue weighted by Gasteiger charge is 2.54. The van der Waals surface area contributed by atoms with Crippen molar-refractivity contribution < 1.29 is 52.7 Å². The maximum atomic E-state index is 13.7. The van der Waals surface area contributed by atoms with E-state index in [2.05, 4.69) is 25.8 Å². The van der Waals surface area contributed by atoms with Gasteiger partial charge in [-0.15, -0.1) is 0 Å². The molecule has 1 aliphatic carbocycles. The lowest BCUT2D eigenvalue weighted by molar-refractivity contribution is -0.128. The molecule has 70 heavy (non-hydrogen) atoms. The zero-order chi connectivity index (χ0) is 49.7. The number of ether oxygens (including phenoxy) is 6. The molecule has 3 aromatic carbocycles. The lowest BCUT2D eigenvalue weighted by atomic mass is 9.77. The molecule has 3 amide bonds. The number of pyridine rings is 1. The summed E-state index contributed by atoms with van der Waals surface area (Å²) >= 11 is 0. The summed E-state index contributed by atoms with van der Waals surface area (Å²) < 4.78 is 35.8. The molecule has 8 rings (SSSR count). The van der Waals surface area contributed by atoms with Gasteiger partial charge in [-0.05, 0) is 79.6 Å². The van der Waals surface area contributed by atoms with Crippen LogP contribution < -0.4 is 40.1 Å². The van der Waals surface area contributed by atoms with Gasteiger partial charge < -0.3 is 64.2 Å². The largest absolute Gasteiger partial charge is 0.476 e. The van der Waals surface area contributed by atoms with Crippen molar-refractivity contribution in [3.63, 3.8) is 0 Å². The predicted octanol–water partition coefficient (Wildman–Crippen LogP) is 4.49. The quantitative estimate of drug-likeness (QED) is 0.0598. The van der Waals surface area contributed by atoms with Gasteiger partial charge in [0.2, 0.25) is 11.8 Å². The molecule has 2 atom stereocenters. The van der Waals surface area contributed by atoms with Gasteiger partial charge in [0.05, 0.1) is 44.7 Å². The number of methoxy groups -OCH3 is 1. The van der Waals surface area contributed by atoms with Crippen molar-refractivity contribution in [2.24, 2.45) is 11.8 Å². The summed E-state index contributed by atoms with van der Waals surface area (Å²) in [6, 6.07) is 20.1. The third-order valence-electron chi connectivity index (χ3n) is 13.8. The Morgan fingerprint density at radius 2 is 1.44 bits per heavy atom. The Labute approximate surface area is 408 Å². The molecule has 1 saturated heterocycles. The number of nitrogens with one attached hydrogen (secondary N) is 3. The fourth-order valence-electron chi connectivity index (χ4n) is 9.17. The number of aliphatic hydroxyl groups is 1. The number of carbonyl (C=O) groups excluding carboxylic acids is 4. The normalized spacial score (nSPS) is 17.3. The molecule has 18 heteroatoms. The van der Waals surface area contributed by atoms with Gasteiger partial charge in [-0.25, -0.2) is 9.78 Å². The number of nitrogens with zero attached hydrogens (tertiary/aromatic N) is 4. The summed E-state index contributed by atoms with van der Waals surface area (Å²) in [5.74, 6) is 0.220. The fourth-order valence-corrected chi connectivity index (χ4v) is 9.17. The number of hydrogen-bond acceptors (Lipinski definition) is 15. The van der Waals surface area contributed by atoms with E-state index < -0.39 is 23.0 Å². The number of benzene rings is 3. The molecule has 1 saturated carbocycles. The van der Waals surface area contributed by atoms with Crippen molar-refractivity contribution >= 4 is 40.8 Å². The van der Waals surface area contributed by atoms with E-state index in [0.717, 1.165) is 23.5 Å². The molecule has 0 bridgehead atoms. The topological polar surface area (TPSA) is 203 Å². The van der Waals surface area contributed by atoms with E-state index in [1.165, 1.54) is 0 Å². The first-order valence-electron chi connectivity index (χ1n) is 24.0. The second kappa shape index (κ2) is 21.3. The third kappa shape index (κ3) is 10.1. The van der Waals surface area contributed by atoms with Gasteiger partial charge in [0.15, 0.2) is 5.60 Å². The molecule has 4 aliphatic rings. The Morgan fingerprint density at radius 3 is 2.03 bits per heavy atom. The molecular formula is C52H65N7O11. The predicted molar refractivity (Wildman–Crippen MR) is 263 cm³/mol. The van der Waals surface area contributed by atoms with E-state index in [1.807, 2.05) is 94.3 Å². The van der Waals surface area contributed by atoms with Crippen molar-refractivity contribution in [3.05, 3.63) is 100 Å². The fraction of sp³-hybridized carbons (Fsp3) is 0.481. The molecule has 3 aliphatic heterocycles. The Hall–Kier alpha value is -6.47. The number of aromatic nitrogens is 1. The van der Waals surface area contributed by atoms with Crippen molar-refractivity contribution in [1.29, 1.82) is 0 Å². The van der Waals surface area contributed by atoms with E-state index in [1.54, 1.807) is 31.4 Å². The van der Waals surface area contributed by atoms with Gasteiger partial charge in [0, 0.05) is 114 Å². The van der Waals surface area contributed by atoms with Gasteiger partial charge in [-0.1, -0.05) is 19.9 Å². The van der Waals surface area contributed by atoms with Crippen LogP contribution in [0.3, 0.4) is 0 Å². The average molecular weight is 964 g/mol. The maximum absolute atomic E-state index is 13.7. The lowest BCUT2D eigenvalue weighted by Crippen LogP contribution is -2.58. The van der Waals surface area contributed by atoms with E-state index in [9.17, 15) is 24.3 Å². The average Bonchev–Trinajstić information content (AvgIpc) is 4.06. The minimum Gasteiger partial charge on any atom is -0.476 e. The number of rotatable bonds is 23. The molecule has 18 nitrogen and oxygen atoms in total. The first-order chi connectivity index (χ1) is 33.7. The van der Waals surface area contributed by atoms with Crippen LogP contribution in [0.25, 0.3) is 0 Å². The van der Waals surface area contributed by atoms with Gasteiger partial charge >= 0.3 is 5.97 Å². The van der Waals surface area contributed by atoms with E-state index in [-0.39, 0.29) is 81.6 Å². The highest BCUT2D eigenvalue weighted by molar-refractivity contribution is 6.02. The van der Waals surface area contributed by atoms with Gasteiger partial charge in [-0.3, -0.25) is 14.4 Å². The Kier molecular flexibility index (Phi) is 15.2. The van der Waals surface area contributed by atoms with Gasteiger partial charge in [0.25, 0.3) is 11.8 Å². The third-order valence-corrected chi connectivity index (χ3v) is 13.8. The van der Waals surface area contributed by atoms with Crippen LogP contribution in [-0.4, -0.2) is 147 Å². The number of aliphatic hydroxyl groups excluding tert-OH is 1. The zero-order valence-corrected chi connectivity index (χ0v) is 41.1. The molecule has 1 spiro atoms. The van der Waals surface area contributed by atoms with Crippen LogP contribution in [0.15, 0.2) is 66.7 Å². The van der Waals surface area contributed by atoms with E-state index >= 15 is 0 Å². The number of fused-ring (bicyclic) bond motifs is 6. The molecule has 374 valence electrons. The van der Waals surface area contributed by atoms with Crippen LogP contribution in [0, 0.1) is 11.8 Å². The van der Waals surface area contributed by atoms with Crippen molar-refractivity contribution in [2.75, 3.05) is 116 Å². The van der Waals surface area contributed by atoms with Crippen LogP contribution in [0.1, 0.15) is 81.0 Å². The minimum atomic E-state index is -1.27. The zero-order valence-electron chi connectivity index (χ0n) is 41.1. The molecule has 4 heterocycles. The monoisotopic (exact) mass is 963 g/mol. The van der Waals surface area contributed by atoms with Gasteiger partial charge in [-0.2, -0.15) is 0 Å². The lowest BCUT2D eigenvalue weighted by Gasteiger charge is -2.40. The summed E-state index contributed by atoms with van der Waals surface area (Å²) in [6.07, 6.45) is 1.69. The number of amides is 3. The minimum absolute atomic E-state index is 0.107. The van der Waals surface area contributed by atoms with E-state index in [0.29, 0.717) is 77.7 Å². The Morgan fingerprint density at radius 1 is 0.814 bits per heavy atom. The van der Waals surface area contributed by atoms with Crippen LogP contribution in [0.5, 0.6) is 17.4 Å². The number of carbonyl (C=O) groups is 4. The molecule has 0 radical (unpaired) electrons. The molecule has 0 unspecified atom stereocenters. The van der Waals surface area contributed by atoms with Gasteiger partial charge in [0.1, 0.15) is 28.4 Å². The van der Waals surface area contributed by atoms with Crippen LogP contribution in [0.4, 0.5) is 17.1 Å². The van der Waals surface area contributed by atoms with Crippen LogP contribution in [0.2, 0.25) is 0 Å². The highest BCUT2D eigenvalue weighted by Crippen LogP contribution is 2.57. The van der Waals surface area contributed by atoms with Crippen LogP contribution >= 0.6 is 0 Å². The second-order valence-corrected chi connectivity index (χ2v) is 18.6. The number of anilines is 3. The molecule has 2 fully saturated rings. The maximum Gasteiger partial charge on any atom is 0.340 e. The SMILES string of the molecule is CCC(CC)(NC(=O)c1ccc(N2CC(OC)C2)c(OC[C@H]2C[C@@H]2CO)n1)C(=O)NCCOCCOCCNC(=O)c1ccc2c(c1)C(=O)OC21c2ccc(N(C)C)cc2Oc2cc(N(C)C)ccc21. The number of esters is 1. The summed E-state index contributed by atoms with van der Waals surface area (Å²) in [6.45, 7) is 6.92. The summed E-state index contributed by atoms with van der Waals surface area (Å²) in [7, 11) is 9.46. The Bertz CT molecular complexity index is 2520.